The average molecular weight is 238 g/mol. The Labute approximate surface area is 93.0 Å². The Morgan fingerprint density at radius 1 is 1.44 bits per heavy atom. The third-order valence-electron chi connectivity index (χ3n) is 2.76. The van der Waals surface area contributed by atoms with Crippen LogP contribution in [-0.4, -0.2) is 35.7 Å². The molecule has 94 valence electrons. The first-order valence-corrected chi connectivity index (χ1v) is 5.48. The number of amides is 1. The lowest BCUT2D eigenvalue weighted by Gasteiger charge is -2.21. The number of halogens is 3. The minimum Gasteiger partial charge on any atom is -0.326 e. The minimum absolute atomic E-state index is 0.0301. The molecule has 1 aliphatic heterocycles. The van der Waals surface area contributed by atoms with Crippen molar-refractivity contribution in [2.45, 2.75) is 51.5 Å². The zero-order valence-corrected chi connectivity index (χ0v) is 9.47. The summed E-state index contributed by atoms with van der Waals surface area (Å²) in [5, 5.41) is 3.05. The van der Waals surface area contributed by atoms with E-state index in [4.69, 9.17) is 0 Å². The van der Waals surface area contributed by atoms with Crippen LogP contribution in [0.3, 0.4) is 0 Å². The number of nitrogens with zero attached hydrogens (tertiary/aromatic N) is 1. The molecule has 0 aromatic carbocycles. The molecule has 1 heterocycles. The second kappa shape index (κ2) is 5.03. The molecule has 0 bridgehead atoms. The summed E-state index contributed by atoms with van der Waals surface area (Å²) in [6.07, 6.45) is -4.49. The third-order valence-corrected chi connectivity index (χ3v) is 2.76. The molecule has 0 spiro atoms. The number of carbonyl (C=O) groups excluding carboxylic acids is 1. The highest BCUT2D eigenvalue weighted by Gasteiger charge is 2.35. The predicted octanol–water partition coefficient (Wildman–Crippen LogP) is 1.89. The molecule has 0 aliphatic carbocycles. The van der Waals surface area contributed by atoms with Gasteiger partial charge >= 0.3 is 6.18 Å². The number of rotatable bonds is 4. The summed E-state index contributed by atoms with van der Waals surface area (Å²) in [4.78, 5) is 13.2. The molecule has 0 radical (unpaired) electrons. The van der Waals surface area contributed by atoms with Gasteiger partial charge < -0.3 is 4.90 Å². The molecule has 6 heteroatoms. The van der Waals surface area contributed by atoms with Gasteiger partial charge in [-0.1, -0.05) is 6.92 Å². The second-order valence-electron chi connectivity index (χ2n) is 4.05. The maximum atomic E-state index is 11.9. The molecule has 16 heavy (non-hydrogen) atoms. The Morgan fingerprint density at radius 3 is 2.50 bits per heavy atom. The first-order chi connectivity index (χ1) is 7.35. The van der Waals surface area contributed by atoms with Gasteiger partial charge in [-0.3, -0.25) is 10.1 Å². The highest BCUT2D eigenvalue weighted by molar-refractivity contribution is 5.84. The summed E-state index contributed by atoms with van der Waals surface area (Å²) < 4.78 is 35.8. The monoisotopic (exact) mass is 238 g/mol. The molecule has 1 amide bonds. The summed E-state index contributed by atoms with van der Waals surface area (Å²) in [7, 11) is 0. The van der Waals surface area contributed by atoms with Crippen molar-refractivity contribution in [1.82, 2.24) is 10.2 Å². The highest BCUT2D eigenvalue weighted by Crippen LogP contribution is 2.22. The standard InChI is InChI=1S/C10H17F3N2O/c1-3-8-9(16)15(7(2)14-8)6-4-5-10(11,12)13/h7-8,14H,3-6H2,1-2H3. The van der Waals surface area contributed by atoms with Crippen LogP contribution in [-0.2, 0) is 4.79 Å². The second-order valence-corrected chi connectivity index (χ2v) is 4.05. The Hall–Kier alpha value is -0.780. The lowest BCUT2D eigenvalue weighted by molar-refractivity contribution is -0.140. The van der Waals surface area contributed by atoms with E-state index >= 15 is 0 Å². The molecule has 3 nitrogen and oxygen atoms in total. The maximum absolute atomic E-state index is 11.9. The van der Waals surface area contributed by atoms with Gasteiger partial charge in [0.25, 0.3) is 0 Å². The molecule has 0 aromatic rings. The topological polar surface area (TPSA) is 32.3 Å². The van der Waals surface area contributed by atoms with E-state index in [0.717, 1.165) is 0 Å². The van der Waals surface area contributed by atoms with Crippen LogP contribution < -0.4 is 5.32 Å². The largest absolute Gasteiger partial charge is 0.389 e. The van der Waals surface area contributed by atoms with Crippen molar-refractivity contribution in [3.05, 3.63) is 0 Å². The van der Waals surface area contributed by atoms with E-state index in [0.29, 0.717) is 6.42 Å². The van der Waals surface area contributed by atoms with Crippen LogP contribution >= 0.6 is 0 Å². The van der Waals surface area contributed by atoms with Gasteiger partial charge in [0, 0.05) is 13.0 Å². The molecular formula is C10H17F3N2O. The number of hydrogen-bond acceptors (Lipinski definition) is 2. The molecular weight excluding hydrogens is 221 g/mol. The van der Waals surface area contributed by atoms with Crippen molar-refractivity contribution in [3.8, 4) is 0 Å². The Morgan fingerprint density at radius 2 is 2.06 bits per heavy atom. The van der Waals surface area contributed by atoms with Gasteiger partial charge in [0.2, 0.25) is 5.91 Å². The van der Waals surface area contributed by atoms with Gasteiger partial charge in [-0.15, -0.1) is 0 Å². The molecule has 0 aromatic heterocycles. The quantitative estimate of drug-likeness (QED) is 0.811. The van der Waals surface area contributed by atoms with Gasteiger partial charge in [-0.2, -0.15) is 13.2 Å². The fourth-order valence-electron chi connectivity index (χ4n) is 1.89. The summed E-state index contributed by atoms with van der Waals surface area (Å²) in [6, 6.07) is -0.235. The van der Waals surface area contributed by atoms with Gasteiger partial charge in [-0.25, -0.2) is 0 Å². The van der Waals surface area contributed by atoms with Crippen LogP contribution in [0, 0.1) is 0 Å². The minimum atomic E-state index is -4.14. The van der Waals surface area contributed by atoms with Crippen molar-refractivity contribution in [3.63, 3.8) is 0 Å². The van der Waals surface area contributed by atoms with E-state index in [9.17, 15) is 18.0 Å². The smallest absolute Gasteiger partial charge is 0.326 e. The van der Waals surface area contributed by atoms with Crippen molar-refractivity contribution in [2.24, 2.45) is 0 Å². The van der Waals surface area contributed by atoms with Gasteiger partial charge in [0.15, 0.2) is 0 Å². The molecule has 1 N–H and O–H groups in total. The van der Waals surface area contributed by atoms with Crippen LogP contribution in [0.4, 0.5) is 13.2 Å². The number of nitrogens with one attached hydrogen (secondary N) is 1. The van der Waals surface area contributed by atoms with Crippen molar-refractivity contribution >= 4 is 5.91 Å². The molecule has 0 saturated carbocycles. The van der Waals surface area contributed by atoms with Gasteiger partial charge in [-0.05, 0) is 19.8 Å². The normalized spacial score (nSPS) is 26.6. The lowest BCUT2D eigenvalue weighted by Crippen LogP contribution is -2.35. The van der Waals surface area contributed by atoms with E-state index < -0.39 is 12.6 Å². The Balaban J connectivity index is 2.40. The van der Waals surface area contributed by atoms with Crippen LogP contribution in [0.2, 0.25) is 0 Å². The number of hydrogen-bond donors (Lipinski definition) is 1. The molecule has 1 aliphatic rings. The van der Waals surface area contributed by atoms with E-state index in [1.165, 1.54) is 4.90 Å². The lowest BCUT2D eigenvalue weighted by atomic mass is 10.2. The molecule has 1 fully saturated rings. The van der Waals surface area contributed by atoms with E-state index in [1.54, 1.807) is 6.92 Å². The predicted molar refractivity (Wildman–Crippen MR) is 53.7 cm³/mol. The zero-order chi connectivity index (χ0) is 12.3. The molecule has 2 atom stereocenters. The van der Waals surface area contributed by atoms with Crippen LogP contribution in [0.25, 0.3) is 0 Å². The fraction of sp³-hybridized carbons (Fsp3) is 0.900. The first kappa shape index (κ1) is 13.3. The summed E-state index contributed by atoms with van der Waals surface area (Å²) in [5.74, 6) is -0.0859. The molecule has 1 saturated heterocycles. The van der Waals surface area contributed by atoms with Crippen molar-refractivity contribution < 1.29 is 18.0 Å². The molecule has 2 unspecified atom stereocenters. The summed E-state index contributed by atoms with van der Waals surface area (Å²) in [6.45, 7) is 3.84. The van der Waals surface area contributed by atoms with Crippen molar-refractivity contribution in [1.29, 1.82) is 0 Å². The van der Waals surface area contributed by atoms with Gasteiger partial charge in [0.1, 0.15) is 0 Å². The van der Waals surface area contributed by atoms with Crippen LogP contribution in [0.15, 0.2) is 0 Å². The van der Waals surface area contributed by atoms with Crippen LogP contribution in [0.5, 0.6) is 0 Å². The Bertz CT molecular complexity index is 255. The van der Waals surface area contributed by atoms with Crippen LogP contribution in [0.1, 0.15) is 33.1 Å². The summed E-state index contributed by atoms with van der Waals surface area (Å²) in [5.41, 5.74) is 0. The number of carbonyl (C=O) groups is 1. The maximum Gasteiger partial charge on any atom is 0.389 e. The van der Waals surface area contributed by atoms with E-state index in [-0.39, 0.29) is 31.1 Å². The molecule has 1 rings (SSSR count). The fourth-order valence-corrected chi connectivity index (χ4v) is 1.89. The highest BCUT2D eigenvalue weighted by atomic mass is 19.4. The third kappa shape index (κ3) is 3.37. The van der Waals surface area contributed by atoms with Crippen molar-refractivity contribution in [2.75, 3.05) is 6.54 Å². The zero-order valence-electron chi connectivity index (χ0n) is 9.47. The number of alkyl halides is 3. The van der Waals surface area contributed by atoms with Gasteiger partial charge in [0.05, 0.1) is 12.2 Å². The van der Waals surface area contributed by atoms with E-state index in [2.05, 4.69) is 5.32 Å². The SMILES string of the molecule is CCC1NC(C)N(CCCC(F)(F)F)C1=O. The van der Waals surface area contributed by atoms with E-state index in [1.807, 2.05) is 6.92 Å². The Kier molecular flexibility index (Phi) is 4.18. The average Bonchev–Trinajstić information content (AvgIpc) is 2.42. The first-order valence-electron chi connectivity index (χ1n) is 5.48. The summed E-state index contributed by atoms with van der Waals surface area (Å²) >= 11 is 0.